The quantitative estimate of drug-likeness (QED) is 0.113. The van der Waals surface area contributed by atoms with Crippen molar-refractivity contribution in [3.63, 3.8) is 0 Å². The van der Waals surface area contributed by atoms with Crippen LogP contribution in [0.15, 0.2) is 76.8 Å². The largest absolute Gasteiger partial charge is 0.494 e. The van der Waals surface area contributed by atoms with Crippen LogP contribution < -0.4 is 4.74 Å². The van der Waals surface area contributed by atoms with E-state index in [0.717, 1.165) is 19.3 Å². The Morgan fingerprint density at radius 2 is 1.88 bits per heavy atom. The summed E-state index contributed by atoms with van der Waals surface area (Å²) < 4.78 is 12.3. The number of hydrogen-bond donors (Lipinski definition) is 1. The van der Waals surface area contributed by atoms with Crippen LogP contribution >= 0.6 is 23.2 Å². The van der Waals surface area contributed by atoms with Gasteiger partial charge in [-0.05, 0) is 66.8 Å². The Kier molecular flexibility index (Phi) is 9.55. The Balaban J connectivity index is 1.64. The van der Waals surface area contributed by atoms with Crippen LogP contribution in [0.2, 0.25) is 10.0 Å². The summed E-state index contributed by atoms with van der Waals surface area (Å²) in [4.78, 5) is 24.6. The van der Waals surface area contributed by atoms with E-state index >= 15 is 0 Å². The summed E-state index contributed by atoms with van der Waals surface area (Å²) >= 11 is 13.0. The van der Waals surface area contributed by atoms with Crippen molar-refractivity contribution in [1.29, 1.82) is 0 Å². The first-order chi connectivity index (χ1) is 20.4. The molecule has 2 heterocycles. The van der Waals surface area contributed by atoms with Crippen molar-refractivity contribution in [1.82, 2.24) is 4.90 Å². The van der Waals surface area contributed by atoms with Gasteiger partial charge in [0.25, 0.3) is 5.91 Å². The number of aliphatic hydroxyl groups is 1. The van der Waals surface area contributed by atoms with Gasteiger partial charge in [-0.2, -0.15) is 0 Å². The zero-order valence-electron chi connectivity index (χ0n) is 23.0. The van der Waals surface area contributed by atoms with Gasteiger partial charge in [-0.1, -0.05) is 58.6 Å². The van der Waals surface area contributed by atoms with Crippen LogP contribution in [0.5, 0.6) is 5.75 Å². The van der Waals surface area contributed by atoms with Crippen LogP contribution in [0.25, 0.3) is 10.4 Å². The lowest BCUT2D eigenvalue weighted by Crippen LogP contribution is -2.53. The number of hydrogen-bond acceptors (Lipinski definition) is 6. The molecule has 11 heteroatoms. The standard InChI is InChI=1S/C31H31Cl2N5O4/c32-23-11-14-25(26(33)19-23)28-31(30(40)38-15-4-1-5-16-38,20-22-7-2-3-8-27(22)36-37-34)35-29(42-28)21-9-12-24(13-10-21)41-18-6-17-39/h2-3,7-14,19,28,39H,1,4-6,15-18,20H2/t28-,31-/m1/s1. The highest BCUT2D eigenvalue weighted by Gasteiger charge is 2.55. The van der Waals surface area contributed by atoms with Crippen molar-refractivity contribution in [3.8, 4) is 5.75 Å². The SMILES string of the molecule is [N-]=[N+]=Nc1ccccc1C[C@@]1(C(=O)N2CCCCC2)N=C(c2ccc(OCCCO)cc2)O[C@@H]1c1ccc(Cl)cc1Cl. The van der Waals surface area contributed by atoms with E-state index in [-0.39, 0.29) is 18.9 Å². The lowest BCUT2D eigenvalue weighted by atomic mass is 9.80. The zero-order chi connectivity index (χ0) is 29.5. The van der Waals surface area contributed by atoms with Crippen LogP contribution in [0.3, 0.4) is 0 Å². The molecule has 0 radical (unpaired) electrons. The fraction of sp³-hybridized carbons (Fsp3) is 0.355. The lowest BCUT2D eigenvalue weighted by molar-refractivity contribution is -0.140. The second kappa shape index (κ2) is 13.5. The maximum atomic E-state index is 14.7. The topological polar surface area (TPSA) is 120 Å². The molecule has 9 nitrogen and oxygen atoms in total. The average molecular weight is 609 g/mol. The van der Waals surface area contributed by atoms with Crippen molar-refractivity contribution in [2.24, 2.45) is 10.1 Å². The highest BCUT2D eigenvalue weighted by molar-refractivity contribution is 6.35. The summed E-state index contributed by atoms with van der Waals surface area (Å²) in [5.74, 6) is 0.759. The monoisotopic (exact) mass is 607 g/mol. The summed E-state index contributed by atoms with van der Waals surface area (Å²) in [6, 6.07) is 19.5. The summed E-state index contributed by atoms with van der Waals surface area (Å²) in [5.41, 5.74) is 10.1. The number of aliphatic hydroxyl groups excluding tert-OH is 1. The highest BCUT2D eigenvalue weighted by atomic mass is 35.5. The number of carbonyl (C=O) groups is 1. The fourth-order valence-corrected chi connectivity index (χ4v) is 5.93. The van der Waals surface area contributed by atoms with E-state index in [1.165, 1.54) is 0 Å². The summed E-state index contributed by atoms with van der Waals surface area (Å²) in [6.45, 7) is 1.67. The van der Waals surface area contributed by atoms with Crippen molar-refractivity contribution >= 4 is 40.7 Å². The van der Waals surface area contributed by atoms with E-state index < -0.39 is 11.6 Å². The Morgan fingerprint density at radius 3 is 2.60 bits per heavy atom. The molecule has 1 saturated heterocycles. The first-order valence-electron chi connectivity index (χ1n) is 13.9. The molecule has 2 aliphatic heterocycles. The van der Waals surface area contributed by atoms with Gasteiger partial charge in [0, 0.05) is 64.3 Å². The van der Waals surface area contributed by atoms with Gasteiger partial charge in [0.05, 0.1) is 6.61 Å². The van der Waals surface area contributed by atoms with Crippen molar-refractivity contribution in [3.05, 3.63) is 104 Å². The van der Waals surface area contributed by atoms with Crippen LogP contribution in [0.4, 0.5) is 5.69 Å². The molecule has 0 spiro atoms. The molecule has 0 aromatic heterocycles. The molecule has 1 amide bonds. The fourth-order valence-electron chi connectivity index (χ4n) is 5.43. The molecule has 3 aromatic rings. The van der Waals surface area contributed by atoms with Gasteiger partial charge in [0.15, 0.2) is 11.6 Å². The Hall–Kier alpha value is -3.75. The van der Waals surface area contributed by atoms with Gasteiger partial charge >= 0.3 is 0 Å². The zero-order valence-corrected chi connectivity index (χ0v) is 24.5. The molecule has 0 bridgehead atoms. The number of aliphatic imine (C=N–C) groups is 1. The van der Waals surface area contributed by atoms with E-state index in [9.17, 15) is 10.3 Å². The van der Waals surface area contributed by atoms with E-state index in [2.05, 4.69) is 10.0 Å². The predicted octanol–water partition coefficient (Wildman–Crippen LogP) is 7.21. The predicted molar refractivity (Wildman–Crippen MR) is 163 cm³/mol. The van der Waals surface area contributed by atoms with Crippen LogP contribution in [0.1, 0.15) is 48.5 Å². The van der Waals surface area contributed by atoms with E-state index in [1.54, 1.807) is 42.5 Å². The van der Waals surface area contributed by atoms with Gasteiger partial charge < -0.3 is 19.5 Å². The minimum Gasteiger partial charge on any atom is -0.494 e. The van der Waals surface area contributed by atoms with Gasteiger partial charge in [-0.3, -0.25) is 4.79 Å². The second-order valence-corrected chi connectivity index (χ2v) is 11.1. The molecule has 42 heavy (non-hydrogen) atoms. The maximum absolute atomic E-state index is 14.7. The maximum Gasteiger partial charge on any atom is 0.255 e. The van der Waals surface area contributed by atoms with Crippen LogP contribution in [-0.2, 0) is 16.0 Å². The minimum absolute atomic E-state index is 0.0489. The van der Waals surface area contributed by atoms with E-state index in [1.807, 2.05) is 29.2 Å². The number of piperidine rings is 1. The first kappa shape index (κ1) is 29.7. The number of benzene rings is 3. The molecule has 5 rings (SSSR count). The Bertz CT molecular complexity index is 1500. The third-order valence-electron chi connectivity index (χ3n) is 7.50. The molecule has 3 aromatic carbocycles. The van der Waals surface area contributed by atoms with Crippen molar-refractivity contribution in [2.75, 3.05) is 26.3 Å². The molecule has 218 valence electrons. The number of ether oxygens (including phenoxy) is 2. The van der Waals surface area contributed by atoms with Crippen LogP contribution in [-0.4, -0.2) is 53.7 Å². The first-order valence-corrected chi connectivity index (χ1v) is 14.7. The smallest absolute Gasteiger partial charge is 0.255 e. The van der Waals surface area contributed by atoms with Crippen molar-refractivity contribution < 1.29 is 19.4 Å². The highest BCUT2D eigenvalue weighted by Crippen LogP contribution is 2.47. The normalized spacial score (nSPS) is 19.9. The molecule has 0 saturated carbocycles. The number of carbonyl (C=O) groups excluding carboxylic acids is 1. The molecule has 1 N–H and O–H groups in total. The van der Waals surface area contributed by atoms with E-state index in [0.29, 0.717) is 70.2 Å². The molecular formula is C31H31Cl2N5O4. The third kappa shape index (κ3) is 6.35. The van der Waals surface area contributed by atoms with Gasteiger partial charge in [-0.15, -0.1) is 0 Å². The number of amides is 1. The van der Waals surface area contributed by atoms with Crippen molar-refractivity contribution in [2.45, 2.75) is 43.7 Å². The molecule has 2 atom stereocenters. The van der Waals surface area contributed by atoms with Crippen LogP contribution in [0, 0.1) is 0 Å². The Morgan fingerprint density at radius 1 is 1.12 bits per heavy atom. The third-order valence-corrected chi connectivity index (χ3v) is 8.06. The summed E-state index contributed by atoms with van der Waals surface area (Å²) in [6.07, 6.45) is 2.62. The molecule has 0 unspecified atom stereocenters. The minimum atomic E-state index is -1.44. The van der Waals surface area contributed by atoms with Gasteiger partial charge in [0.2, 0.25) is 5.90 Å². The number of likely N-dealkylation sites (tertiary alicyclic amines) is 1. The van der Waals surface area contributed by atoms with Gasteiger partial charge in [0.1, 0.15) is 5.75 Å². The number of nitrogens with zero attached hydrogens (tertiary/aromatic N) is 5. The lowest BCUT2D eigenvalue weighted by Gasteiger charge is -2.37. The number of halogens is 2. The second-order valence-electron chi connectivity index (χ2n) is 10.3. The molecule has 0 aliphatic carbocycles. The number of azide groups is 1. The average Bonchev–Trinajstić information content (AvgIpc) is 3.38. The van der Waals surface area contributed by atoms with E-state index in [4.69, 9.17) is 42.8 Å². The Labute approximate surface area is 254 Å². The summed E-state index contributed by atoms with van der Waals surface area (Å²) in [7, 11) is 0. The number of rotatable bonds is 10. The molecule has 2 aliphatic rings. The van der Waals surface area contributed by atoms with Gasteiger partial charge in [-0.25, -0.2) is 4.99 Å². The molecular weight excluding hydrogens is 577 g/mol. The summed E-state index contributed by atoms with van der Waals surface area (Å²) in [5, 5.41) is 13.7. The molecule has 1 fully saturated rings.